The third kappa shape index (κ3) is 3.89. The molecule has 0 aliphatic heterocycles. The molecule has 2 aromatic heterocycles. The maximum Gasteiger partial charge on any atom is 0.199 e. The lowest BCUT2D eigenvalue weighted by atomic mass is 10.0. The van der Waals surface area contributed by atoms with Crippen LogP contribution in [0.1, 0.15) is 5.56 Å². The van der Waals surface area contributed by atoms with Crippen LogP contribution in [0.2, 0.25) is 0 Å². The molecule has 0 fully saturated rings. The van der Waals surface area contributed by atoms with Gasteiger partial charge in [-0.1, -0.05) is 0 Å². The molecular formula is C22H20N4O4. The van der Waals surface area contributed by atoms with Crippen molar-refractivity contribution in [1.82, 2.24) is 15.0 Å². The zero-order valence-corrected chi connectivity index (χ0v) is 16.4. The summed E-state index contributed by atoms with van der Waals surface area (Å²) < 4.78 is 16.1. The fourth-order valence-corrected chi connectivity index (χ4v) is 3.28. The number of hydrogen-bond acceptors (Lipinski definition) is 7. The van der Waals surface area contributed by atoms with Crippen molar-refractivity contribution in [2.75, 3.05) is 33.5 Å². The molecule has 2 heterocycles. The molecule has 0 aliphatic rings. The van der Waals surface area contributed by atoms with Crippen LogP contribution in [-0.2, 0) is 9.47 Å². The molecule has 0 radical (unpaired) electrons. The molecule has 0 spiro atoms. The number of hydrogen-bond donors (Lipinski definition) is 2. The van der Waals surface area contributed by atoms with E-state index in [0.29, 0.717) is 54.5 Å². The summed E-state index contributed by atoms with van der Waals surface area (Å²) >= 11 is 0. The van der Waals surface area contributed by atoms with E-state index in [9.17, 15) is 10.4 Å². The van der Waals surface area contributed by atoms with Gasteiger partial charge in [-0.15, -0.1) is 0 Å². The van der Waals surface area contributed by atoms with Crippen molar-refractivity contribution >= 4 is 21.8 Å². The number of nitrogens with one attached hydrogen (secondary N) is 1. The van der Waals surface area contributed by atoms with Crippen LogP contribution in [0, 0.1) is 11.3 Å². The Morgan fingerprint density at radius 1 is 1.03 bits per heavy atom. The highest BCUT2D eigenvalue weighted by Crippen LogP contribution is 2.39. The van der Waals surface area contributed by atoms with Crippen LogP contribution in [0.3, 0.4) is 0 Å². The van der Waals surface area contributed by atoms with Gasteiger partial charge in [0.05, 0.1) is 48.2 Å². The zero-order chi connectivity index (χ0) is 20.9. The summed E-state index contributed by atoms with van der Waals surface area (Å²) in [6.45, 7) is 1.94. The lowest BCUT2D eigenvalue weighted by Crippen LogP contribution is -2.10. The fourth-order valence-electron chi connectivity index (χ4n) is 3.28. The van der Waals surface area contributed by atoms with Crippen LogP contribution < -0.4 is 4.74 Å². The monoisotopic (exact) mass is 404 g/mol. The topological polar surface area (TPSA) is 113 Å². The summed E-state index contributed by atoms with van der Waals surface area (Å²) in [4.78, 5) is 11.7. The summed E-state index contributed by atoms with van der Waals surface area (Å²) in [5, 5.41) is 21.2. The van der Waals surface area contributed by atoms with E-state index in [2.05, 4.69) is 21.0 Å². The minimum Gasteiger partial charge on any atom is -0.494 e. The van der Waals surface area contributed by atoms with Crippen LogP contribution in [-0.4, -0.2) is 53.6 Å². The van der Waals surface area contributed by atoms with Gasteiger partial charge >= 0.3 is 0 Å². The van der Waals surface area contributed by atoms with Crippen molar-refractivity contribution in [3.63, 3.8) is 0 Å². The van der Waals surface area contributed by atoms with Gasteiger partial charge in [-0.05, 0) is 30.3 Å². The average Bonchev–Trinajstić information content (AvgIpc) is 3.10. The minimum atomic E-state index is -0.00590. The number of H-pyrrole nitrogens is 1. The Labute approximate surface area is 172 Å². The number of fused-ring (bicyclic) bond motifs is 2. The number of methoxy groups -OCH3 is 1. The second kappa shape index (κ2) is 8.78. The van der Waals surface area contributed by atoms with E-state index in [1.54, 1.807) is 25.3 Å². The molecule has 30 heavy (non-hydrogen) atoms. The number of aromatic amines is 1. The summed E-state index contributed by atoms with van der Waals surface area (Å²) in [7, 11) is 1.63. The normalized spacial score (nSPS) is 11.1. The van der Waals surface area contributed by atoms with Crippen molar-refractivity contribution in [3.8, 4) is 29.0 Å². The maximum atomic E-state index is 10.5. The number of nitriles is 1. The molecule has 2 aromatic carbocycles. The van der Waals surface area contributed by atoms with E-state index in [4.69, 9.17) is 14.2 Å². The van der Waals surface area contributed by atoms with Crippen LogP contribution in [0.4, 0.5) is 0 Å². The van der Waals surface area contributed by atoms with Crippen molar-refractivity contribution < 1.29 is 19.3 Å². The third-order valence-corrected chi connectivity index (χ3v) is 4.68. The van der Waals surface area contributed by atoms with Gasteiger partial charge in [0, 0.05) is 29.5 Å². The first-order valence-corrected chi connectivity index (χ1v) is 9.40. The molecule has 0 atom stereocenters. The first kappa shape index (κ1) is 19.6. The molecule has 0 unspecified atom stereocenters. The second-order valence-electron chi connectivity index (χ2n) is 6.58. The Morgan fingerprint density at radius 3 is 2.73 bits per heavy atom. The van der Waals surface area contributed by atoms with Gasteiger partial charge in [-0.3, -0.25) is 0 Å². The molecule has 0 saturated heterocycles. The lowest BCUT2D eigenvalue weighted by Gasteiger charge is -2.09. The Kier molecular flexibility index (Phi) is 5.75. The van der Waals surface area contributed by atoms with Gasteiger partial charge < -0.3 is 24.3 Å². The van der Waals surface area contributed by atoms with Gasteiger partial charge in [0.2, 0.25) is 0 Å². The molecule has 0 aliphatic carbocycles. The second-order valence-corrected chi connectivity index (χ2v) is 6.58. The van der Waals surface area contributed by atoms with Gasteiger partial charge in [0.15, 0.2) is 5.88 Å². The smallest absolute Gasteiger partial charge is 0.199 e. The molecule has 4 aromatic rings. The number of ether oxygens (including phenoxy) is 3. The Bertz CT molecular complexity index is 1230. The molecule has 4 rings (SSSR count). The molecule has 0 bridgehead atoms. The molecule has 8 heteroatoms. The molecule has 2 N–H and O–H groups in total. The molecular weight excluding hydrogens is 384 g/mol. The van der Waals surface area contributed by atoms with Gasteiger partial charge in [-0.2, -0.15) is 5.26 Å². The highest BCUT2D eigenvalue weighted by Gasteiger charge is 2.18. The first-order valence-electron chi connectivity index (χ1n) is 9.40. The predicted octanol–water partition coefficient (Wildman–Crippen LogP) is 3.40. The van der Waals surface area contributed by atoms with E-state index in [1.165, 1.54) is 6.33 Å². The Morgan fingerprint density at radius 2 is 1.90 bits per heavy atom. The van der Waals surface area contributed by atoms with Gasteiger partial charge in [0.1, 0.15) is 18.7 Å². The van der Waals surface area contributed by atoms with Crippen molar-refractivity contribution in [3.05, 3.63) is 48.3 Å². The largest absolute Gasteiger partial charge is 0.494 e. The third-order valence-electron chi connectivity index (χ3n) is 4.68. The summed E-state index contributed by atoms with van der Waals surface area (Å²) in [5.41, 5.74) is 3.03. The van der Waals surface area contributed by atoms with E-state index >= 15 is 0 Å². The standard InChI is InChI=1S/C22H20N4O4/c1-28-6-7-29-8-9-30-15-3-4-16-19(11-15)24-13-25-21(16)20-17-10-14(12-23)2-5-18(17)26-22(20)27/h2-5,10-11,13,26-27H,6-9H2,1H3. The van der Waals surface area contributed by atoms with Crippen molar-refractivity contribution in [2.24, 2.45) is 0 Å². The van der Waals surface area contributed by atoms with Crippen molar-refractivity contribution in [2.45, 2.75) is 0 Å². The van der Waals surface area contributed by atoms with E-state index in [1.807, 2.05) is 18.2 Å². The van der Waals surface area contributed by atoms with Crippen LogP contribution in [0.5, 0.6) is 11.6 Å². The van der Waals surface area contributed by atoms with E-state index in [-0.39, 0.29) is 5.88 Å². The van der Waals surface area contributed by atoms with Crippen molar-refractivity contribution in [1.29, 1.82) is 5.26 Å². The quantitative estimate of drug-likeness (QED) is 0.433. The minimum absolute atomic E-state index is 0.00590. The number of aromatic nitrogens is 3. The van der Waals surface area contributed by atoms with E-state index < -0.39 is 0 Å². The zero-order valence-electron chi connectivity index (χ0n) is 16.4. The molecule has 8 nitrogen and oxygen atoms in total. The maximum absolute atomic E-state index is 10.5. The van der Waals surface area contributed by atoms with E-state index in [0.717, 1.165) is 16.3 Å². The molecule has 0 saturated carbocycles. The number of rotatable bonds is 8. The Hall–Kier alpha value is -3.67. The molecule has 152 valence electrons. The highest BCUT2D eigenvalue weighted by molar-refractivity contribution is 6.05. The summed E-state index contributed by atoms with van der Waals surface area (Å²) in [5.74, 6) is 0.658. The SMILES string of the molecule is COCCOCCOc1ccc2c(-c3c(O)[nH]c4ccc(C#N)cc34)ncnc2c1. The Balaban J connectivity index is 1.64. The van der Waals surface area contributed by atoms with Crippen LogP contribution >= 0.6 is 0 Å². The first-order chi connectivity index (χ1) is 14.7. The number of nitrogens with zero attached hydrogens (tertiary/aromatic N) is 3. The van der Waals surface area contributed by atoms with Gasteiger partial charge in [-0.25, -0.2) is 9.97 Å². The number of benzene rings is 2. The van der Waals surface area contributed by atoms with Gasteiger partial charge in [0.25, 0.3) is 0 Å². The highest BCUT2D eigenvalue weighted by atomic mass is 16.5. The summed E-state index contributed by atoms with van der Waals surface area (Å²) in [6.07, 6.45) is 1.45. The predicted molar refractivity (Wildman–Crippen MR) is 111 cm³/mol. The fraction of sp³-hybridized carbons (Fsp3) is 0.227. The summed E-state index contributed by atoms with van der Waals surface area (Å²) in [6, 6.07) is 12.8. The molecule has 0 amide bonds. The average molecular weight is 404 g/mol. The lowest BCUT2D eigenvalue weighted by molar-refractivity contribution is 0.0544. The van der Waals surface area contributed by atoms with Crippen LogP contribution in [0.15, 0.2) is 42.7 Å². The van der Waals surface area contributed by atoms with Crippen LogP contribution in [0.25, 0.3) is 33.1 Å². The number of aromatic hydroxyl groups is 1.